The molecule has 0 saturated heterocycles. The highest BCUT2D eigenvalue weighted by Gasteiger charge is 2.14. The summed E-state index contributed by atoms with van der Waals surface area (Å²) < 4.78 is 10.5. The minimum Gasteiger partial charge on any atom is -0.462 e. The van der Waals surface area contributed by atoms with Gasteiger partial charge in [0.15, 0.2) is 5.13 Å². The molecule has 5 nitrogen and oxygen atoms in total. The summed E-state index contributed by atoms with van der Waals surface area (Å²) in [4.78, 5) is 15.6. The predicted octanol–water partition coefficient (Wildman–Crippen LogP) is 2.69. The number of hydrogen-bond donors (Lipinski definition) is 1. The van der Waals surface area contributed by atoms with Crippen LogP contribution in [0.4, 0.5) is 5.13 Å². The molecule has 18 heavy (non-hydrogen) atoms. The van der Waals surface area contributed by atoms with Crippen LogP contribution in [0.5, 0.6) is 10.8 Å². The molecular formula is C12H12N2O3S. The summed E-state index contributed by atoms with van der Waals surface area (Å²) >= 11 is 1.21. The van der Waals surface area contributed by atoms with Gasteiger partial charge in [0.25, 0.3) is 0 Å². The van der Waals surface area contributed by atoms with Crippen molar-refractivity contribution >= 4 is 22.4 Å². The Morgan fingerprint density at radius 1 is 1.44 bits per heavy atom. The van der Waals surface area contributed by atoms with E-state index in [9.17, 15) is 4.79 Å². The molecule has 0 fully saturated rings. The number of anilines is 1. The van der Waals surface area contributed by atoms with Crippen molar-refractivity contribution in [1.29, 1.82) is 0 Å². The molecule has 0 spiro atoms. The quantitative estimate of drug-likeness (QED) is 0.859. The second-order valence-corrected chi connectivity index (χ2v) is 4.36. The lowest BCUT2D eigenvalue weighted by Gasteiger charge is -2.08. The van der Waals surface area contributed by atoms with Gasteiger partial charge in [-0.25, -0.2) is 9.78 Å². The monoisotopic (exact) mass is 264 g/mol. The number of nitrogen functional groups attached to an aromatic ring is 1. The van der Waals surface area contributed by atoms with Crippen molar-refractivity contribution < 1.29 is 14.3 Å². The van der Waals surface area contributed by atoms with Gasteiger partial charge in [-0.15, -0.1) is 0 Å². The van der Waals surface area contributed by atoms with Crippen LogP contribution < -0.4 is 10.5 Å². The van der Waals surface area contributed by atoms with Gasteiger partial charge < -0.3 is 15.2 Å². The molecule has 2 aromatic rings. The first-order valence-electron chi connectivity index (χ1n) is 5.36. The molecule has 0 aliphatic carbocycles. The summed E-state index contributed by atoms with van der Waals surface area (Å²) in [6.45, 7) is 2.08. The zero-order valence-corrected chi connectivity index (χ0v) is 10.6. The number of hydrogen-bond acceptors (Lipinski definition) is 6. The van der Waals surface area contributed by atoms with E-state index >= 15 is 0 Å². The highest BCUT2D eigenvalue weighted by molar-refractivity contribution is 7.17. The Morgan fingerprint density at radius 2 is 2.22 bits per heavy atom. The molecule has 0 atom stereocenters. The van der Waals surface area contributed by atoms with Crippen LogP contribution in [0.15, 0.2) is 30.5 Å². The number of esters is 1. The second kappa shape index (κ2) is 5.50. The van der Waals surface area contributed by atoms with Gasteiger partial charge >= 0.3 is 5.97 Å². The van der Waals surface area contributed by atoms with Crippen LogP contribution in [0, 0.1) is 0 Å². The highest BCUT2D eigenvalue weighted by Crippen LogP contribution is 2.30. The first kappa shape index (κ1) is 12.4. The van der Waals surface area contributed by atoms with Gasteiger partial charge in [0.2, 0.25) is 5.06 Å². The van der Waals surface area contributed by atoms with Crippen molar-refractivity contribution in [3.05, 3.63) is 36.0 Å². The number of ether oxygens (including phenoxy) is 2. The number of nitrogens with zero attached hydrogens (tertiary/aromatic N) is 1. The standard InChI is InChI=1S/C12H12N2O3S/c1-2-16-11(15)8-5-3-4-6-9(8)17-10-7-14-12(13)18-10/h3-7H,2H2,1H3,(H2,13,14). The number of rotatable bonds is 4. The number of nitrogens with two attached hydrogens (primary N) is 1. The fraction of sp³-hybridized carbons (Fsp3) is 0.167. The molecule has 0 aliphatic rings. The fourth-order valence-electron chi connectivity index (χ4n) is 1.36. The first-order valence-corrected chi connectivity index (χ1v) is 6.17. The maximum Gasteiger partial charge on any atom is 0.341 e. The van der Waals surface area contributed by atoms with Crippen LogP contribution in [-0.2, 0) is 4.74 Å². The lowest BCUT2D eigenvalue weighted by atomic mass is 10.2. The van der Waals surface area contributed by atoms with Crippen LogP contribution in [-0.4, -0.2) is 17.6 Å². The number of benzene rings is 1. The van der Waals surface area contributed by atoms with Crippen molar-refractivity contribution in [2.45, 2.75) is 6.92 Å². The summed E-state index contributed by atoms with van der Waals surface area (Å²) in [5.74, 6) is 0.0187. The average molecular weight is 264 g/mol. The number of para-hydroxylation sites is 1. The Bertz CT molecular complexity index is 554. The third-order valence-corrected chi connectivity index (χ3v) is 2.80. The van der Waals surface area contributed by atoms with E-state index in [-0.39, 0.29) is 0 Å². The fourth-order valence-corrected chi connectivity index (χ4v) is 1.91. The molecule has 2 N–H and O–H groups in total. The summed E-state index contributed by atoms with van der Waals surface area (Å²) in [7, 11) is 0. The van der Waals surface area contributed by atoms with Crippen molar-refractivity contribution in [3.63, 3.8) is 0 Å². The summed E-state index contributed by atoms with van der Waals surface area (Å²) in [6.07, 6.45) is 1.52. The number of aromatic nitrogens is 1. The van der Waals surface area contributed by atoms with Crippen molar-refractivity contribution in [3.8, 4) is 10.8 Å². The molecule has 0 amide bonds. The van der Waals surface area contributed by atoms with E-state index in [2.05, 4.69) is 4.98 Å². The van der Waals surface area contributed by atoms with Crippen LogP contribution >= 0.6 is 11.3 Å². The lowest BCUT2D eigenvalue weighted by Crippen LogP contribution is -2.06. The van der Waals surface area contributed by atoms with Gasteiger partial charge in [-0.1, -0.05) is 23.5 Å². The van der Waals surface area contributed by atoms with Crippen LogP contribution in [0.1, 0.15) is 17.3 Å². The topological polar surface area (TPSA) is 74.4 Å². The van der Waals surface area contributed by atoms with Crippen LogP contribution in [0.2, 0.25) is 0 Å². The summed E-state index contributed by atoms with van der Waals surface area (Å²) in [5.41, 5.74) is 5.89. The minimum absolute atomic E-state index is 0.320. The van der Waals surface area contributed by atoms with E-state index in [1.54, 1.807) is 31.2 Å². The summed E-state index contributed by atoms with van der Waals surface area (Å²) in [6, 6.07) is 6.88. The SMILES string of the molecule is CCOC(=O)c1ccccc1Oc1cnc(N)s1. The molecule has 1 aromatic heterocycles. The molecule has 0 bridgehead atoms. The summed E-state index contributed by atoms with van der Waals surface area (Å²) in [5, 5.41) is 0.947. The largest absolute Gasteiger partial charge is 0.462 e. The van der Waals surface area contributed by atoms with Crippen molar-refractivity contribution in [2.75, 3.05) is 12.3 Å². The molecule has 0 radical (unpaired) electrons. The third kappa shape index (κ3) is 2.78. The Balaban J connectivity index is 2.24. The molecule has 94 valence electrons. The molecule has 1 aromatic carbocycles. The first-order chi connectivity index (χ1) is 8.70. The molecule has 0 aliphatic heterocycles. The van der Waals surface area contributed by atoms with Gasteiger partial charge in [0.1, 0.15) is 11.3 Å². The van der Waals surface area contributed by atoms with Gasteiger partial charge in [-0.3, -0.25) is 0 Å². The predicted molar refractivity (Wildman–Crippen MR) is 69.0 cm³/mol. The van der Waals surface area contributed by atoms with E-state index in [0.717, 1.165) is 0 Å². The van der Waals surface area contributed by atoms with Gasteiger partial charge in [0, 0.05) is 0 Å². The Hall–Kier alpha value is -2.08. The lowest BCUT2D eigenvalue weighted by molar-refractivity contribution is 0.0523. The van der Waals surface area contributed by atoms with Crippen LogP contribution in [0.3, 0.4) is 0 Å². The number of thiazole rings is 1. The molecule has 0 unspecified atom stereocenters. The van der Waals surface area contributed by atoms with Crippen molar-refractivity contribution in [2.24, 2.45) is 0 Å². The second-order valence-electron chi connectivity index (χ2n) is 3.34. The van der Waals surface area contributed by atoms with E-state index in [4.69, 9.17) is 15.2 Å². The average Bonchev–Trinajstić information content (AvgIpc) is 2.76. The van der Waals surface area contributed by atoms with Crippen LogP contribution in [0.25, 0.3) is 0 Å². The number of carbonyl (C=O) groups is 1. The molecule has 2 rings (SSSR count). The normalized spacial score (nSPS) is 10.1. The zero-order chi connectivity index (χ0) is 13.0. The van der Waals surface area contributed by atoms with Crippen molar-refractivity contribution in [1.82, 2.24) is 4.98 Å². The maximum absolute atomic E-state index is 11.7. The minimum atomic E-state index is -0.411. The van der Waals surface area contributed by atoms with Gasteiger partial charge in [-0.05, 0) is 19.1 Å². The van der Waals surface area contributed by atoms with E-state index in [1.165, 1.54) is 17.5 Å². The van der Waals surface area contributed by atoms with E-state index in [1.807, 2.05) is 0 Å². The smallest absolute Gasteiger partial charge is 0.341 e. The van der Waals surface area contributed by atoms with E-state index < -0.39 is 5.97 Å². The Labute approximate surface area is 108 Å². The number of carbonyl (C=O) groups excluding carboxylic acids is 1. The molecule has 6 heteroatoms. The molecule has 0 saturated carbocycles. The zero-order valence-electron chi connectivity index (χ0n) is 9.75. The Kier molecular flexibility index (Phi) is 3.78. The van der Waals surface area contributed by atoms with Gasteiger partial charge in [-0.2, -0.15) is 0 Å². The third-order valence-electron chi connectivity index (χ3n) is 2.10. The highest BCUT2D eigenvalue weighted by atomic mass is 32.1. The Morgan fingerprint density at radius 3 is 2.89 bits per heavy atom. The maximum atomic E-state index is 11.7. The molecule has 1 heterocycles. The van der Waals surface area contributed by atoms with Gasteiger partial charge in [0.05, 0.1) is 12.8 Å². The molecular weight excluding hydrogens is 252 g/mol. The van der Waals surface area contributed by atoms with E-state index in [0.29, 0.717) is 28.1 Å².